The summed E-state index contributed by atoms with van der Waals surface area (Å²) in [4.78, 5) is 14.0. The van der Waals surface area contributed by atoms with Gasteiger partial charge in [-0.05, 0) is 11.6 Å². The number of rotatable bonds is 3. The molecule has 0 radical (unpaired) electrons. The summed E-state index contributed by atoms with van der Waals surface area (Å²) in [6, 6.07) is 15.2. The highest BCUT2D eigenvalue weighted by Gasteiger charge is 2.30. The lowest BCUT2D eigenvalue weighted by molar-refractivity contribution is -0.148. The van der Waals surface area contributed by atoms with E-state index < -0.39 is 12.2 Å². The topological polar surface area (TPSA) is 49.8 Å². The van der Waals surface area contributed by atoms with Crippen molar-refractivity contribution in [1.29, 1.82) is 0 Å². The van der Waals surface area contributed by atoms with Crippen LogP contribution in [0.4, 0.5) is 4.39 Å². The van der Waals surface area contributed by atoms with Crippen LogP contribution in [0.5, 0.6) is 0 Å². The van der Waals surface area contributed by atoms with E-state index >= 15 is 0 Å². The lowest BCUT2D eigenvalue weighted by Crippen LogP contribution is -2.44. The maximum absolute atomic E-state index is 13.9. The van der Waals surface area contributed by atoms with Crippen molar-refractivity contribution >= 4 is 5.91 Å². The molecule has 0 spiro atoms. The summed E-state index contributed by atoms with van der Waals surface area (Å²) in [6.07, 6.45) is -1.73. The molecule has 2 atom stereocenters. The van der Waals surface area contributed by atoms with Crippen LogP contribution in [0.15, 0.2) is 54.6 Å². The molecule has 1 fully saturated rings. The molecule has 1 aliphatic rings. The average Bonchev–Trinajstić information content (AvgIpc) is 2.62. The largest absolute Gasteiger partial charge is 0.378 e. The van der Waals surface area contributed by atoms with Crippen LogP contribution in [0.3, 0.4) is 0 Å². The van der Waals surface area contributed by atoms with Gasteiger partial charge < -0.3 is 14.7 Å². The molecule has 0 aliphatic carbocycles. The molecule has 0 aromatic heterocycles. The summed E-state index contributed by atoms with van der Waals surface area (Å²) < 4.78 is 19.5. The van der Waals surface area contributed by atoms with Crippen LogP contribution in [-0.4, -0.2) is 35.6 Å². The highest BCUT2D eigenvalue weighted by Crippen LogP contribution is 2.26. The molecule has 23 heavy (non-hydrogen) atoms. The number of aliphatic hydroxyl groups is 1. The molecule has 2 aromatic carbocycles. The minimum atomic E-state index is -1.21. The first-order valence-electron chi connectivity index (χ1n) is 7.54. The normalized spacial score (nSPS) is 19.4. The Morgan fingerprint density at radius 2 is 1.87 bits per heavy atom. The quantitative estimate of drug-likeness (QED) is 0.946. The van der Waals surface area contributed by atoms with Gasteiger partial charge in [-0.2, -0.15) is 0 Å². The second kappa shape index (κ2) is 6.89. The lowest BCUT2D eigenvalue weighted by atomic mass is 10.0. The van der Waals surface area contributed by atoms with E-state index in [4.69, 9.17) is 4.74 Å². The standard InChI is InChI=1S/C18H18FNO3/c19-15-9-5-4-8-14(15)16-12-20(10-11-23-16)18(22)17(21)13-6-2-1-3-7-13/h1-9,16-17,21H,10-12H2. The van der Waals surface area contributed by atoms with Crippen LogP contribution in [0.25, 0.3) is 0 Å². The second-order valence-corrected chi connectivity index (χ2v) is 5.48. The zero-order chi connectivity index (χ0) is 16.2. The van der Waals surface area contributed by atoms with Crippen LogP contribution in [0.2, 0.25) is 0 Å². The molecule has 4 nitrogen and oxygen atoms in total. The molecular formula is C18H18FNO3. The zero-order valence-corrected chi connectivity index (χ0v) is 12.6. The van der Waals surface area contributed by atoms with E-state index in [2.05, 4.69) is 0 Å². The Morgan fingerprint density at radius 1 is 1.17 bits per heavy atom. The highest BCUT2D eigenvalue weighted by atomic mass is 19.1. The molecule has 2 aromatic rings. The van der Waals surface area contributed by atoms with E-state index in [0.29, 0.717) is 24.3 Å². The number of amides is 1. The number of carbonyl (C=O) groups excluding carboxylic acids is 1. The minimum absolute atomic E-state index is 0.226. The van der Waals surface area contributed by atoms with Gasteiger partial charge in [0.1, 0.15) is 11.9 Å². The van der Waals surface area contributed by atoms with Gasteiger partial charge in [-0.1, -0.05) is 48.5 Å². The molecule has 2 unspecified atom stereocenters. The number of benzene rings is 2. The number of morpholine rings is 1. The van der Waals surface area contributed by atoms with Crippen molar-refractivity contribution in [3.8, 4) is 0 Å². The first-order valence-corrected chi connectivity index (χ1v) is 7.54. The number of hydrogen-bond acceptors (Lipinski definition) is 3. The molecule has 1 heterocycles. The Labute approximate surface area is 134 Å². The number of aliphatic hydroxyl groups excluding tert-OH is 1. The van der Waals surface area contributed by atoms with Crippen molar-refractivity contribution < 1.29 is 19.0 Å². The molecule has 3 rings (SSSR count). The maximum Gasteiger partial charge on any atom is 0.256 e. The monoisotopic (exact) mass is 315 g/mol. The lowest BCUT2D eigenvalue weighted by Gasteiger charge is -2.34. The first-order chi connectivity index (χ1) is 11.2. The predicted octanol–water partition coefficient (Wildman–Crippen LogP) is 2.46. The zero-order valence-electron chi connectivity index (χ0n) is 12.6. The van der Waals surface area contributed by atoms with Crippen LogP contribution >= 0.6 is 0 Å². The van der Waals surface area contributed by atoms with Gasteiger partial charge in [-0.25, -0.2) is 4.39 Å². The van der Waals surface area contributed by atoms with Gasteiger partial charge in [0.2, 0.25) is 0 Å². The van der Waals surface area contributed by atoms with E-state index in [1.807, 2.05) is 6.07 Å². The van der Waals surface area contributed by atoms with Gasteiger partial charge in [0.15, 0.2) is 6.10 Å². The summed E-state index contributed by atoms with van der Waals surface area (Å²) in [5.41, 5.74) is 0.977. The average molecular weight is 315 g/mol. The third kappa shape index (κ3) is 3.41. The van der Waals surface area contributed by atoms with Crippen molar-refractivity contribution in [1.82, 2.24) is 4.90 Å². The SMILES string of the molecule is O=C(C(O)c1ccccc1)N1CCOC(c2ccccc2F)C1. The molecule has 1 aliphatic heterocycles. The van der Waals surface area contributed by atoms with E-state index in [1.165, 1.54) is 11.0 Å². The summed E-state index contributed by atoms with van der Waals surface area (Å²) in [5, 5.41) is 10.2. The number of ether oxygens (including phenoxy) is 1. The third-order valence-electron chi connectivity index (χ3n) is 3.98. The van der Waals surface area contributed by atoms with Crippen LogP contribution < -0.4 is 0 Å². The first kappa shape index (κ1) is 15.6. The minimum Gasteiger partial charge on any atom is -0.378 e. The van der Waals surface area contributed by atoms with Crippen LogP contribution in [-0.2, 0) is 9.53 Å². The molecule has 120 valence electrons. The third-order valence-corrected chi connectivity index (χ3v) is 3.98. The van der Waals surface area contributed by atoms with Crippen molar-refractivity contribution in [3.63, 3.8) is 0 Å². The number of halogens is 1. The van der Waals surface area contributed by atoms with E-state index in [1.54, 1.807) is 42.5 Å². The summed E-state index contributed by atoms with van der Waals surface area (Å²) in [6.45, 7) is 0.920. The molecule has 1 N–H and O–H groups in total. The van der Waals surface area contributed by atoms with Gasteiger partial charge >= 0.3 is 0 Å². The van der Waals surface area contributed by atoms with Gasteiger partial charge in [-0.3, -0.25) is 4.79 Å². The van der Waals surface area contributed by atoms with Gasteiger partial charge in [0, 0.05) is 12.1 Å². The van der Waals surface area contributed by atoms with E-state index in [0.717, 1.165) is 0 Å². The number of nitrogens with zero attached hydrogens (tertiary/aromatic N) is 1. The highest BCUT2D eigenvalue weighted by molar-refractivity contribution is 5.82. The molecule has 5 heteroatoms. The molecule has 0 saturated carbocycles. The fraction of sp³-hybridized carbons (Fsp3) is 0.278. The van der Waals surface area contributed by atoms with E-state index in [9.17, 15) is 14.3 Å². The predicted molar refractivity (Wildman–Crippen MR) is 83.1 cm³/mol. The fourth-order valence-corrected chi connectivity index (χ4v) is 2.72. The molecular weight excluding hydrogens is 297 g/mol. The summed E-state index contributed by atoms with van der Waals surface area (Å²) >= 11 is 0. The van der Waals surface area contributed by atoms with Crippen LogP contribution in [0.1, 0.15) is 23.3 Å². The van der Waals surface area contributed by atoms with Crippen molar-refractivity contribution in [3.05, 3.63) is 71.5 Å². The molecule has 1 saturated heterocycles. The Morgan fingerprint density at radius 3 is 2.61 bits per heavy atom. The molecule has 1 amide bonds. The van der Waals surface area contributed by atoms with E-state index in [-0.39, 0.29) is 18.3 Å². The number of hydrogen-bond donors (Lipinski definition) is 1. The Bertz CT molecular complexity index is 677. The Kier molecular flexibility index (Phi) is 4.69. The summed E-state index contributed by atoms with van der Waals surface area (Å²) in [5.74, 6) is -0.740. The maximum atomic E-state index is 13.9. The fourth-order valence-electron chi connectivity index (χ4n) is 2.72. The van der Waals surface area contributed by atoms with Crippen molar-refractivity contribution in [2.75, 3.05) is 19.7 Å². The molecule has 0 bridgehead atoms. The van der Waals surface area contributed by atoms with Gasteiger partial charge in [0.25, 0.3) is 5.91 Å². The number of carbonyl (C=O) groups is 1. The summed E-state index contributed by atoms with van der Waals surface area (Å²) in [7, 11) is 0. The Hall–Kier alpha value is -2.24. The van der Waals surface area contributed by atoms with Gasteiger partial charge in [0.05, 0.1) is 13.2 Å². The van der Waals surface area contributed by atoms with Crippen LogP contribution in [0, 0.1) is 5.82 Å². The van der Waals surface area contributed by atoms with Gasteiger partial charge in [-0.15, -0.1) is 0 Å². The Balaban J connectivity index is 1.73. The second-order valence-electron chi connectivity index (χ2n) is 5.48. The smallest absolute Gasteiger partial charge is 0.256 e. The van der Waals surface area contributed by atoms with Crippen molar-refractivity contribution in [2.45, 2.75) is 12.2 Å². The van der Waals surface area contributed by atoms with Crippen molar-refractivity contribution in [2.24, 2.45) is 0 Å².